The lowest BCUT2D eigenvalue weighted by atomic mass is 10.1. The van der Waals surface area contributed by atoms with Gasteiger partial charge in [0.25, 0.3) is 0 Å². The van der Waals surface area contributed by atoms with Gasteiger partial charge in [-0.15, -0.1) is 9.42 Å². The first-order valence-corrected chi connectivity index (χ1v) is 11.3. The van der Waals surface area contributed by atoms with Gasteiger partial charge in [0.1, 0.15) is 12.4 Å². The van der Waals surface area contributed by atoms with Crippen LogP contribution >= 0.6 is 8.25 Å². The number of benzene rings is 2. The molecule has 3 N–H and O–H groups in total. The summed E-state index contributed by atoms with van der Waals surface area (Å²) in [6.07, 6.45) is 5.04. The van der Waals surface area contributed by atoms with E-state index in [2.05, 4.69) is 40.3 Å². The first kappa shape index (κ1) is 23.4. The molecule has 0 saturated heterocycles. The topological polar surface area (TPSA) is 70.6 Å². The van der Waals surface area contributed by atoms with Crippen LogP contribution in [0.3, 0.4) is 0 Å². The minimum atomic E-state index is -2.49. The van der Waals surface area contributed by atoms with Crippen LogP contribution in [0.1, 0.15) is 42.4 Å². The number of nitrogens with one attached hydrogen (secondary N) is 2. The van der Waals surface area contributed by atoms with Crippen molar-refractivity contribution in [2.45, 2.75) is 45.6 Å². The maximum Gasteiger partial charge on any atom is 0.694 e. The fourth-order valence-corrected chi connectivity index (χ4v) is 3.40. The molecule has 0 spiro atoms. The van der Waals surface area contributed by atoms with E-state index in [1.54, 1.807) is 0 Å². The zero-order valence-corrected chi connectivity index (χ0v) is 17.9. The number of aryl methyl sites for hydroxylation is 2. The molecule has 0 bridgehead atoms. The molecule has 29 heavy (non-hydrogen) atoms. The van der Waals surface area contributed by atoms with Gasteiger partial charge in [-0.05, 0) is 74.0 Å². The zero-order chi connectivity index (χ0) is 20.9. The molecule has 2 aromatic carbocycles. The van der Waals surface area contributed by atoms with Crippen LogP contribution in [0.5, 0.6) is 0 Å². The van der Waals surface area contributed by atoms with Crippen molar-refractivity contribution in [1.29, 1.82) is 0 Å². The summed E-state index contributed by atoms with van der Waals surface area (Å²) < 4.78 is 27.9. The lowest BCUT2D eigenvalue weighted by molar-refractivity contribution is 0.276. The summed E-state index contributed by atoms with van der Waals surface area (Å²) in [7, 11) is -2.49. The van der Waals surface area contributed by atoms with Crippen molar-refractivity contribution in [3.05, 3.63) is 65.0 Å². The summed E-state index contributed by atoms with van der Waals surface area (Å²) in [6, 6.07) is 13.2. The quantitative estimate of drug-likeness (QED) is 0.292. The molecule has 0 saturated carbocycles. The Labute approximate surface area is 173 Å². The van der Waals surface area contributed by atoms with Crippen molar-refractivity contribution in [3.8, 4) is 0 Å². The predicted octanol–water partition coefficient (Wildman–Crippen LogP) is 5.11. The minimum absolute atomic E-state index is 0.179. The number of halogens is 1. The fraction of sp³-hybridized carbons (Fsp3) is 0.455. The van der Waals surface area contributed by atoms with Crippen molar-refractivity contribution in [3.63, 3.8) is 0 Å². The Bertz CT molecular complexity index is 756. The Kier molecular flexibility index (Phi) is 10.8. The molecule has 1 unspecified atom stereocenters. The highest BCUT2D eigenvalue weighted by Crippen LogP contribution is 2.17. The first-order valence-electron chi connectivity index (χ1n) is 10.1. The molecule has 0 aliphatic rings. The maximum atomic E-state index is 12.9. The Morgan fingerprint density at radius 1 is 1.00 bits per heavy atom. The van der Waals surface area contributed by atoms with Gasteiger partial charge < -0.3 is 10.6 Å². The molecule has 0 aromatic heterocycles. The molecule has 1 atom stereocenters. The SMILES string of the molecule is Cc1cc(CNCCCO[P+](=O)O)ccc1NCCCCCc1ccc(F)cc1. The molecule has 2 rings (SSSR count). The van der Waals surface area contributed by atoms with E-state index in [1.807, 2.05) is 12.1 Å². The van der Waals surface area contributed by atoms with Gasteiger partial charge in [-0.3, -0.25) is 0 Å². The number of rotatable bonds is 14. The molecule has 0 aliphatic heterocycles. The van der Waals surface area contributed by atoms with Crippen LogP contribution in [0, 0.1) is 12.7 Å². The largest absolute Gasteiger partial charge is 0.694 e. The third-order valence-electron chi connectivity index (χ3n) is 4.69. The summed E-state index contributed by atoms with van der Waals surface area (Å²) in [4.78, 5) is 8.55. The summed E-state index contributed by atoms with van der Waals surface area (Å²) in [5, 5.41) is 6.81. The van der Waals surface area contributed by atoms with Crippen molar-refractivity contribution in [1.82, 2.24) is 5.32 Å². The van der Waals surface area contributed by atoms with Crippen molar-refractivity contribution in [2.75, 3.05) is 25.0 Å². The van der Waals surface area contributed by atoms with Gasteiger partial charge in [-0.1, -0.05) is 30.7 Å². The number of unbranched alkanes of at least 4 members (excludes halogenated alkanes) is 2. The summed E-state index contributed by atoms with van der Waals surface area (Å²) >= 11 is 0. The highest BCUT2D eigenvalue weighted by Gasteiger charge is 2.10. The summed E-state index contributed by atoms with van der Waals surface area (Å²) in [6.45, 7) is 4.82. The minimum Gasteiger partial charge on any atom is -0.385 e. The average Bonchev–Trinajstić information content (AvgIpc) is 2.69. The van der Waals surface area contributed by atoms with E-state index >= 15 is 0 Å². The van der Waals surface area contributed by atoms with Gasteiger partial charge in [0.05, 0.1) is 0 Å². The monoisotopic (exact) mass is 421 g/mol. The van der Waals surface area contributed by atoms with Crippen LogP contribution < -0.4 is 10.6 Å². The third-order valence-corrected chi connectivity index (χ3v) is 5.09. The van der Waals surface area contributed by atoms with Crippen LogP contribution in [0.4, 0.5) is 10.1 Å². The summed E-state index contributed by atoms with van der Waals surface area (Å²) in [5.41, 5.74) is 4.78. The molecule has 0 amide bonds. The molecular formula is C22H31FN2O3P+. The second-order valence-electron chi connectivity index (χ2n) is 7.11. The van der Waals surface area contributed by atoms with Crippen LogP contribution in [-0.2, 0) is 22.1 Å². The van der Waals surface area contributed by atoms with Crippen LogP contribution in [0.2, 0.25) is 0 Å². The zero-order valence-electron chi connectivity index (χ0n) is 17.0. The smallest absolute Gasteiger partial charge is 0.385 e. The highest BCUT2D eigenvalue weighted by molar-refractivity contribution is 7.32. The van der Waals surface area contributed by atoms with Crippen molar-refractivity contribution >= 4 is 13.9 Å². The van der Waals surface area contributed by atoms with Gasteiger partial charge in [0.15, 0.2) is 0 Å². The predicted molar refractivity (Wildman–Crippen MR) is 116 cm³/mol. The number of hydrogen-bond donors (Lipinski definition) is 3. The lowest BCUT2D eigenvalue weighted by Gasteiger charge is -2.12. The Morgan fingerprint density at radius 3 is 2.48 bits per heavy atom. The third kappa shape index (κ3) is 9.95. The fourth-order valence-electron chi connectivity index (χ4n) is 3.11. The Hall–Kier alpha value is -1.85. The van der Waals surface area contributed by atoms with E-state index in [1.165, 1.54) is 28.8 Å². The molecule has 7 heteroatoms. The molecule has 0 fully saturated rings. The number of anilines is 1. The average molecular weight is 421 g/mol. The standard InChI is InChI=1S/C22H30FN2O3P/c1-18-16-20(17-24-13-5-15-28-29(26)27)9-12-22(18)25-14-4-2-3-6-19-7-10-21(23)11-8-19/h7-12,16,24-25H,2-6,13-15,17H2,1H3/p+1. The molecule has 2 aromatic rings. The van der Waals surface area contributed by atoms with Crippen LogP contribution in [0.15, 0.2) is 42.5 Å². The molecule has 0 aliphatic carbocycles. The molecule has 158 valence electrons. The van der Waals surface area contributed by atoms with E-state index in [4.69, 9.17) is 4.89 Å². The van der Waals surface area contributed by atoms with Crippen molar-refractivity contribution in [2.24, 2.45) is 0 Å². The van der Waals surface area contributed by atoms with Gasteiger partial charge >= 0.3 is 8.25 Å². The lowest BCUT2D eigenvalue weighted by Crippen LogP contribution is -2.16. The van der Waals surface area contributed by atoms with Crippen molar-refractivity contribution < 1.29 is 18.4 Å². The van der Waals surface area contributed by atoms with E-state index < -0.39 is 8.25 Å². The van der Waals surface area contributed by atoms with E-state index in [9.17, 15) is 8.96 Å². The van der Waals surface area contributed by atoms with Gasteiger partial charge in [-0.25, -0.2) is 4.39 Å². The number of hydrogen-bond acceptors (Lipinski definition) is 4. The molecule has 5 nitrogen and oxygen atoms in total. The van der Waals surface area contributed by atoms with Crippen LogP contribution in [-0.4, -0.2) is 24.6 Å². The van der Waals surface area contributed by atoms with E-state index in [0.717, 1.165) is 51.0 Å². The summed E-state index contributed by atoms with van der Waals surface area (Å²) in [5.74, 6) is -0.179. The maximum absolute atomic E-state index is 12.9. The van der Waals surface area contributed by atoms with Gasteiger partial charge in [-0.2, -0.15) is 0 Å². The normalized spacial score (nSPS) is 11.5. The Morgan fingerprint density at radius 2 is 1.76 bits per heavy atom. The molecular weight excluding hydrogens is 390 g/mol. The molecule has 0 radical (unpaired) electrons. The van der Waals surface area contributed by atoms with Gasteiger partial charge in [0.2, 0.25) is 0 Å². The molecule has 0 heterocycles. The second kappa shape index (κ2) is 13.4. The van der Waals surface area contributed by atoms with Crippen LogP contribution in [0.25, 0.3) is 0 Å². The Balaban J connectivity index is 1.58. The second-order valence-corrected chi connectivity index (χ2v) is 7.85. The van der Waals surface area contributed by atoms with E-state index in [-0.39, 0.29) is 12.4 Å². The van der Waals surface area contributed by atoms with E-state index in [0.29, 0.717) is 6.42 Å². The highest BCUT2D eigenvalue weighted by atomic mass is 31.1. The van der Waals surface area contributed by atoms with Gasteiger partial charge in [0, 0.05) is 23.3 Å². The first-order chi connectivity index (χ1) is 14.0.